The average molecular weight is 581 g/mol. The van der Waals surface area contributed by atoms with Crippen molar-refractivity contribution in [2.45, 2.75) is 26.2 Å². The van der Waals surface area contributed by atoms with Crippen molar-refractivity contribution in [2.24, 2.45) is 5.92 Å². The van der Waals surface area contributed by atoms with Crippen LogP contribution in [0, 0.1) is 11.7 Å². The Balaban J connectivity index is 1.23. The number of benzene rings is 1. The fourth-order valence-electron chi connectivity index (χ4n) is 5.94. The van der Waals surface area contributed by atoms with Crippen molar-refractivity contribution in [3.8, 4) is 0 Å². The Hall–Kier alpha value is -3.50. The fraction of sp³-hybridized carbons (Fsp3) is 0.531. The second-order valence-electron chi connectivity index (χ2n) is 11.6. The Bertz CT molecular complexity index is 1170. The van der Waals surface area contributed by atoms with E-state index in [2.05, 4.69) is 23.0 Å². The zero-order valence-corrected chi connectivity index (χ0v) is 24.9. The summed E-state index contributed by atoms with van der Waals surface area (Å²) in [6, 6.07) is 2.99. The minimum atomic E-state index is -0.619. The summed E-state index contributed by atoms with van der Waals surface area (Å²) in [7, 11) is 0. The quantitative estimate of drug-likeness (QED) is 0.260. The summed E-state index contributed by atoms with van der Waals surface area (Å²) < 4.78 is 15.2. The molecule has 2 N–H and O–H groups in total. The van der Waals surface area contributed by atoms with E-state index in [1.165, 1.54) is 6.07 Å². The highest BCUT2D eigenvalue weighted by Crippen LogP contribution is 2.28. The number of halogens is 1. The number of piperidine rings is 1. The molecule has 0 unspecified atom stereocenters. The average Bonchev–Trinajstić information content (AvgIpc) is 3.00. The van der Waals surface area contributed by atoms with Gasteiger partial charge in [0.25, 0.3) is 5.91 Å². The summed E-state index contributed by atoms with van der Waals surface area (Å²) in [6.07, 6.45) is 6.83. The van der Waals surface area contributed by atoms with E-state index in [1.54, 1.807) is 21.9 Å². The maximum absolute atomic E-state index is 15.2. The van der Waals surface area contributed by atoms with Gasteiger partial charge < -0.3 is 25.3 Å². The van der Waals surface area contributed by atoms with E-state index < -0.39 is 5.82 Å². The minimum Gasteiger partial charge on any atom is -0.398 e. The van der Waals surface area contributed by atoms with Gasteiger partial charge in [-0.2, -0.15) is 0 Å². The maximum Gasteiger partial charge on any atom is 0.258 e. The molecule has 9 nitrogen and oxygen atoms in total. The summed E-state index contributed by atoms with van der Waals surface area (Å²) in [4.78, 5) is 46.8. The number of anilines is 1. The molecule has 0 spiro atoms. The fourth-order valence-corrected chi connectivity index (χ4v) is 5.94. The number of carbonyl (C=O) groups is 3. The van der Waals surface area contributed by atoms with Crippen LogP contribution in [-0.4, -0.2) is 121 Å². The van der Waals surface area contributed by atoms with Gasteiger partial charge in [-0.3, -0.25) is 19.3 Å². The van der Waals surface area contributed by atoms with Crippen LogP contribution in [0.25, 0.3) is 5.57 Å². The van der Waals surface area contributed by atoms with Gasteiger partial charge in [-0.25, -0.2) is 4.39 Å². The number of carbonyl (C=O) groups excluding carboxylic acids is 3. The van der Waals surface area contributed by atoms with E-state index in [4.69, 9.17) is 5.73 Å². The lowest BCUT2D eigenvalue weighted by atomic mass is 9.94. The van der Waals surface area contributed by atoms with Gasteiger partial charge in [0.15, 0.2) is 0 Å². The standard InChI is InChI=1S/C32H45FN6O3/c1-4-24(3)18-26(5-2)27-19-28(33)31(29(34)20-27)32(42)39-8-6-25(7-9-39)21-35-10-12-36(13-11-35)22-30(41)38-16-14-37(23-40)15-17-38/h5,18-20,23,25H,2-4,6-17,21-22,34H2,1H3/b26-18+. The van der Waals surface area contributed by atoms with Crippen LogP contribution in [0.5, 0.6) is 0 Å². The zero-order valence-electron chi connectivity index (χ0n) is 24.9. The first-order chi connectivity index (χ1) is 20.2. The third kappa shape index (κ3) is 7.86. The number of likely N-dealkylation sites (tertiary alicyclic amines) is 1. The molecule has 1 aromatic rings. The number of rotatable bonds is 10. The number of nitrogens with two attached hydrogens (primary N) is 1. The van der Waals surface area contributed by atoms with E-state index >= 15 is 4.39 Å². The van der Waals surface area contributed by atoms with Crippen molar-refractivity contribution >= 4 is 29.5 Å². The monoisotopic (exact) mass is 580 g/mol. The van der Waals surface area contributed by atoms with Crippen LogP contribution in [0.4, 0.5) is 10.1 Å². The zero-order chi connectivity index (χ0) is 30.2. The second-order valence-corrected chi connectivity index (χ2v) is 11.6. The van der Waals surface area contributed by atoms with Crippen LogP contribution in [0.3, 0.4) is 0 Å². The van der Waals surface area contributed by atoms with Crippen LogP contribution in [0.15, 0.2) is 43.0 Å². The second kappa shape index (κ2) is 14.6. The smallest absolute Gasteiger partial charge is 0.258 e. The number of amides is 3. The number of nitrogen functional groups attached to an aromatic ring is 1. The van der Waals surface area contributed by atoms with Crippen molar-refractivity contribution in [1.29, 1.82) is 0 Å². The molecule has 3 amide bonds. The molecule has 0 bridgehead atoms. The predicted molar refractivity (Wildman–Crippen MR) is 164 cm³/mol. The Morgan fingerprint density at radius 1 is 0.976 bits per heavy atom. The minimum absolute atomic E-state index is 0.0637. The molecule has 3 aliphatic heterocycles. The molecule has 3 aliphatic rings. The van der Waals surface area contributed by atoms with Crippen LogP contribution < -0.4 is 5.73 Å². The predicted octanol–water partition coefficient (Wildman–Crippen LogP) is 2.71. The number of piperazine rings is 2. The van der Waals surface area contributed by atoms with E-state index in [0.717, 1.165) is 64.0 Å². The first kappa shape index (κ1) is 31.4. The SMILES string of the molecule is C=C/C(=C\C(=C)CC)c1cc(N)c(C(=O)N2CCC(CN3CCN(CC(=O)N4CCN(C=O)CC4)CC3)CC2)c(F)c1. The Labute approximate surface area is 249 Å². The van der Waals surface area contributed by atoms with Crippen LogP contribution in [-0.2, 0) is 9.59 Å². The van der Waals surface area contributed by atoms with Crippen molar-refractivity contribution < 1.29 is 18.8 Å². The van der Waals surface area contributed by atoms with Gasteiger partial charge in [0.1, 0.15) is 5.82 Å². The molecule has 1 aromatic carbocycles. The molecule has 42 heavy (non-hydrogen) atoms. The van der Waals surface area contributed by atoms with Crippen molar-refractivity contribution in [1.82, 2.24) is 24.5 Å². The molecule has 0 aromatic heterocycles. The van der Waals surface area contributed by atoms with Gasteiger partial charge in [-0.1, -0.05) is 37.8 Å². The first-order valence-electron chi connectivity index (χ1n) is 15.0. The summed E-state index contributed by atoms with van der Waals surface area (Å²) in [6.45, 7) is 18.3. The number of hydrogen-bond acceptors (Lipinski definition) is 6. The summed E-state index contributed by atoms with van der Waals surface area (Å²) >= 11 is 0. The molecule has 3 heterocycles. The summed E-state index contributed by atoms with van der Waals surface area (Å²) in [5.74, 6) is -0.375. The number of nitrogens with zero attached hydrogens (tertiary/aromatic N) is 5. The lowest BCUT2D eigenvalue weighted by molar-refractivity contribution is -0.136. The highest BCUT2D eigenvalue weighted by Gasteiger charge is 2.30. The van der Waals surface area contributed by atoms with Crippen LogP contribution in [0.1, 0.15) is 42.1 Å². The van der Waals surface area contributed by atoms with Gasteiger partial charge in [-0.05, 0) is 48.4 Å². The van der Waals surface area contributed by atoms with Gasteiger partial charge in [0.2, 0.25) is 12.3 Å². The van der Waals surface area contributed by atoms with E-state index in [-0.39, 0.29) is 23.1 Å². The molecule has 0 radical (unpaired) electrons. The maximum atomic E-state index is 15.2. The molecule has 3 saturated heterocycles. The van der Waals surface area contributed by atoms with Crippen LogP contribution in [0.2, 0.25) is 0 Å². The molecule has 228 valence electrons. The Kier molecular flexibility index (Phi) is 10.9. The number of hydrogen-bond donors (Lipinski definition) is 1. The van der Waals surface area contributed by atoms with E-state index in [9.17, 15) is 14.4 Å². The van der Waals surface area contributed by atoms with E-state index in [0.29, 0.717) is 62.9 Å². The van der Waals surface area contributed by atoms with Crippen molar-refractivity contribution in [3.05, 3.63) is 60.0 Å². The first-order valence-corrected chi connectivity index (χ1v) is 15.0. The van der Waals surface area contributed by atoms with Crippen molar-refractivity contribution in [3.63, 3.8) is 0 Å². The molecule has 4 rings (SSSR count). The third-order valence-corrected chi connectivity index (χ3v) is 8.76. The molecule has 3 fully saturated rings. The van der Waals surface area contributed by atoms with Gasteiger partial charge >= 0.3 is 0 Å². The molecular formula is C32H45FN6O3. The van der Waals surface area contributed by atoms with Gasteiger partial charge in [-0.15, -0.1) is 0 Å². The molecular weight excluding hydrogens is 535 g/mol. The highest BCUT2D eigenvalue weighted by atomic mass is 19.1. The van der Waals surface area contributed by atoms with Crippen molar-refractivity contribution in [2.75, 3.05) is 84.3 Å². The molecule has 0 aliphatic carbocycles. The Morgan fingerprint density at radius 2 is 1.62 bits per heavy atom. The normalized spacial score (nSPS) is 19.6. The largest absolute Gasteiger partial charge is 0.398 e. The highest BCUT2D eigenvalue weighted by molar-refractivity contribution is 6.00. The lowest BCUT2D eigenvalue weighted by Crippen LogP contribution is -2.54. The Morgan fingerprint density at radius 3 is 2.19 bits per heavy atom. The van der Waals surface area contributed by atoms with E-state index in [1.807, 2.05) is 17.9 Å². The molecule has 0 saturated carbocycles. The molecule has 0 atom stereocenters. The molecule has 10 heteroatoms. The van der Waals surface area contributed by atoms with Crippen LogP contribution >= 0.6 is 0 Å². The third-order valence-electron chi connectivity index (χ3n) is 8.76. The summed E-state index contributed by atoms with van der Waals surface area (Å²) in [5, 5.41) is 0. The van der Waals surface area contributed by atoms with Gasteiger partial charge in [0, 0.05) is 77.7 Å². The lowest BCUT2D eigenvalue weighted by Gasteiger charge is -2.39. The van der Waals surface area contributed by atoms with Gasteiger partial charge in [0.05, 0.1) is 12.1 Å². The summed E-state index contributed by atoms with van der Waals surface area (Å²) in [5.41, 5.74) is 8.47. The topological polar surface area (TPSA) is 93.4 Å². The number of allylic oxidation sites excluding steroid dienone is 4.